The Kier molecular flexibility index (Phi) is 4.20. The molecule has 1 saturated heterocycles. The lowest BCUT2D eigenvalue weighted by molar-refractivity contribution is -0.127. The van der Waals surface area contributed by atoms with E-state index in [9.17, 15) is 9.59 Å². The average Bonchev–Trinajstić information content (AvgIpc) is 2.46. The first-order chi connectivity index (χ1) is 9.52. The second-order valence-electron chi connectivity index (χ2n) is 4.98. The number of hydrogen-bond donors (Lipinski definition) is 2. The van der Waals surface area contributed by atoms with Gasteiger partial charge in [-0.2, -0.15) is 0 Å². The first-order valence-electron chi connectivity index (χ1n) is 6.53. The van der Waals surface area contributed by atoms with Crippen molar-refractivity contribution >= 4 is 11.9 Å². The molecule has 106 valence electrons. The molecule has 0 spiro atoms. The molecule has 0 radical (unpaired) electrons. The number of nitrogens with two attached hydrogens (primary N) is 1. The number of likely N-dealkylation sites (tertiary alicyclic amines) is 1. The van der Waals surface area contributed by atoms with Gasteiger partial charge >= 0.3 is 5.97 Å². The van der Waals surface area contributed by atoms with Crippen LogP contribution in [-0.2, 0) is 4.79 Å². The van der Waals surface area contributed by atoms with Gasteiger partial charge in [0.05, 0.1) is 5.56 Å². The number of carbonyl (C=O) groups is 2. The summed E-state index contributed by atoms with van der Waals surface area (Å²) in [5.74, 6) is -0.985. The molecular formula is C15H18N2O3. The lowest BCUT2D eigenvalue weighted by atomic mass is 9.85. The minimum absolute atomic E-state index is 0.0724. The minimum atomic E-state index is -0.945. The molecule has 1 aromatic carbocycles. The number of piperidine rings is 1. The number of carbonyl (C=O) groups excluding carboxylic acids is 1. The van der Waals surface area contributed by atoms with E-state index in [0.29, 0.717) is 13.1 Å². The number of aromatic carboxylic acids is 1. The van der Waals surface area contributed by atoms with Crippen LogP contribution in [0.5, 0.6) is 0 Å². The van der Waals surface area contributed by atoms with Gasteiger partial charge in [-0.25, -0.2) is 4.79 Å². The summed E-state index contributed by atoms with van der Waals surface area (Å²) in [6.45, 7) is 4.55. The fourth-order valence-corrected chi connectivity index (χ4v) is 2.63. The number of carboxylic acids is 1. The fraction of sp³-hybridized carbons (Fsp3) is 0.333. The predicted octanol–water partition coefficient (Wildman–Crippen LogP) is 1.21. The number of carboxylic acid groups (broad SMARTS) is 1. The highest BCUT2D eigenvalue weighted by Crippen LogP contribution is 2.28. The van der Waals surface area contributed by atoms with Crippen molar-refractivity contribution in [3.63, 3.8) is 0 Å². The third-order valence-electron chi connectivity index (χ3n) is 3.71. The lowest BCUT2D eigenvalue weighted by Gasteiger charge is -2.36. The van der Waals surface area contributed by atoms with Crippen molar-refractivity contribution in [2.75, 3.05) is 13.1 Å². The maximum atomic E-state index is 11.6. The molecule has 1 aromatic rings. The Labute approximate surface area is 117 Å². The van der Waals surface area contributed by atoms with Crippen LogP contribution in [0.4, 0.5) is 0 Å². The topological polar surface area (TPSA) is 83.6 Å². The van der Waals surface area contributed by atoms with Crippen LogP contribution in [-0.4, -0.2) is 41.0 Å². The molecule has 0 aromatic heterocycles. The lowest BCUT2D eigenvalue weighted by Crippen LogP contribution is -2.49. The zero-order valence-corrected chi connectivity index (χ0v) is 11.2. The van der Waals surface area contributed by atoms with Gasteiger partial charge in [-0.1, -0.05) is 18.7 Å². The van der Waals surface area contributed by atoms with Crippen LogP contribution >= 0.6 is 0 Å². The molecule has 0 saturated carbocycles. The maximum absolute atomic E-state index is 11.6. The molecule has 1 amide bonds. The van der Waals surface area contributed by atoms with Crippen molar-refractivity contribution in [1.29, 1.82) is 0 Å². The quantitative estimate of drug-likeness (QED) is 0.812. The van der Waals surface area contributed by atoms with E-state index >= 15 is 0 Å². The summed E-state index contributed by atoms with van der Waals surface area (Å²) >= 11 is 0. The van der Waals surface area contributed by atoms with Crippen molar-refractivity contribution in [2.45, 2.75) is 18.4 Å². The Bertz CT molecular complexity index is 542. The highest BCUT2D eigenvalue weighted by molar-refractivity contribution is 5.88. The normalized spacial score (nSPS) is 22.4. The monoisotopic (exact) mass is 274 g/mol. The second-order valence-corrected chi connectivity index (χ2v) is 4.98. The molecule has 2 rings (SSSR count). The number of rotatable bonds is 3. The van der Waals surface area contributed by atoms with Gasteiger partial charge in [-0.15, -0.1) is 0 Å². The zero-order valence-electron chi connectivity index (χ0n) is 11.2. The smallest absolute Gasteiger partial charge is 0.335 e. The van der Waals surface area contributed by atoms with E-state index in [2.05, 4.69) is 6.58 Å². The zero-order chi connectivity index (χ0) is 14.7. The van der Waals surface area contributed by atoms with Gasteiger partial charge in [0.2, 0.25) is 5.91 Å². The van der Waals surface area contributed by atoms with E-state index in [4.69, 9.17) is 10.8 Å². The number of benzene rings is 1. The van der Waals surface area contributed by atoms with Crippen LogP contribution in [0.1, 0.15) is 28.3 Å². The summed E-state index contributed by atoms with van der Waals surface area (Å²) in [4.78, 5) is 24.3. The van der Waals surface area contributed by atoms with Crippen LogP contribution in [0.3, 0.4) is 0 Å². The maximum Gasteiger partial charge on any atom is 0.335 e. The third-order valence-corrected chi connectivity index (χ3v) is 3.71. The van der Waals surface area contributed by atoms with E-state index < -0.39 is 5.97 Å². The number of amides is 1. The van der Waals surface area contributed by atoms with Gasteiger partial charge in [0.1, 0.15) is 0 Å². The summed E-state index contributed by atoms with van der Waals surface area (Å²) in [5, 5.41) is 9.03. The summed E-state index contributed by atoms with van der Waals surface area (Å²) in [7, 11) is 0. The van der Waals surface area contributed by atoms with Crippen molar-refractivity contribution in [2.24, 2.45) is 5.73 Å². The van der Waals surface area contributed by atoms with Gasteiger partial charge in [0.15, 0.2) is 0 Å². The number of nitrogens with zero attached hydrogens (tertiary/aromatic N) is 1. The predicted molar refractivity (Wildman–Crippen MR) is 75.5 cm³/mol. The largest absolute Gasteiger partial charge is 0.478 e. The molecule has 1 aliphatic rings. The van der Waals surface area contributed by atoms with Crippen molar-refractivity contribution < 1.29 is 14.7 Å². The standard InChI is InChI=1S/C15H18N2O3/c1-2-14(18)17-7-6-12(13(16)9-17)10-4-3-5-11(8-10)15(19)20/h2-5,8,12-13H,1,6-7,9,16H2,(H,19,20). The summed E-state index contributed by atoms with van der Waals surface area (Å²) in [5.41, 5.74) is 7.33. The van der Waals surface area contributed by atoms with E-state index in [-0.39, 0.29) is 23.4 Å². The summed E-state index contributed by atoms with van der Waals surface area (Å²) in [6.07, 6.45) is 2.02. The Morgan fingerprint density at radius 1 is 1.45 bits per heavy atom. The van der Waals surface area contributed by atoms with Gasteiger partial charge in [-0.3, -0.25) is 4.79 Å². The first kappa shape index (κ1) is 14.3. The van der Waals surface area contributed by atoms with Gasteiger partial charge in [0, 0.05) is 25.0 Å². The molecule has 1 aliphatic heterocycles. The van der Waals surface area contributed by atoms with Crippen LogP contribution in [0.25, 0.3) is 0 Å². The molecule has 2 atom stereocenters. The third kappa shape index (κ3) is 2.88. The van der Waals surface area contributed by atoms with Crippen LogP contribution in [0.15, 0.2) is 36.9 Å². The molecule has 0 bridgehead atoms. The molecule has 2 unspecified atom stereocenters. The van der Waals surface area contributed by atoms with Gasteiger partial charge in [-0.05, 0) is 30.2 Å². The molecular weight excluding hydrogens is 256 g/mol. The highest BCUT2D eigenvalue weighted by Gasteiger charge is 2.29. The Morgan fingerprint density at radius 2 is 2.20 bits per heavy atom. The SMILES string of the molecule is C=CC(=O)N1CCC(c2cccc(C(=O)O)c2)C(N)C1. The van der Waals surface area contributed by atoms with Crippen LogP contribution in [0, 0.1) is 0 Å². The summed E-state index contributed by atoms with van der Waals surface area (Å²) in [6, 6.07) is 6.65. The van der Waals surface area contributed by atoms with Crippen molar-refractivity contribution in [3.8, 4) is 0 Å². The van der Waals surface area contributed by atoms with E-state index in [1.54, 1.807) is 23.1 Å². The Morgan fingerprint density at radius 3 is 2.80 bits per heavy atom. The van der Waals surface area contributed by atoms with Crippen LogP contribution in [0.2, 0.25) is 0 Å². The second kappa shape index (κ2) is 5.88. The molecule has 0 aliphatic carbocycles. The van der Waals surface area contributed by atoms with E-state index in [1.807, 2.05) is 6.07 Å². The van der Waals surface area contributed by atoms with Crippen molar-refractivity contribution in [1.82, 2.24) is 4.90 Å². The molecule has 1 fully saturated rings. The van der Waals surface area contributed by atoms with E-state index in [1.165, 1.54) is 6.08 Å². The average molecular weight is 274 g/mol. The van der Waals surface area contributed by atoms with Crippen LogP contribution < -0.4 is 5.73 Å². The molecule has 20 heavy (non-hydrogen) atoms. The minimum Gasteiger partial charge on any atom is -0.478 e. The van der Waals surface area contributed by atoms with Gasteiger partial charge < -0.3 is 15.7 Å². The molecule has 3 N–H and O–H groups in total. The Hall–Kier alpha value is -2.14. The summed E-state index contributed by atoms with van der Waals surface area (Å²) < 4.78 is 0. The molecule has 5 nitrogen and oxygen atoms in total. The number of hydrogen-bond acceptors (Lipinski definition) is 3. The first-order valence-corrected chi connectivity index (χ1v) is 6.53. The highest BCUT2D eigenvalue weighted by atomic mass is 16.4. The molecule has 5 heteroatoms. The fourth-order valence-electron chi connectivity index (χ4n) is 2.63. The van der Waals surface area contributed by atoms with Gasteiger partial charge in [0.25, 0.3) is 0 Å². The van der Waals surface area contributed by atoms with E-state index in [0.717, 1.165) is 12.0 Å². The Balaban J connectivity index is 2.15. The van der Waals surface area contributed by atoms with Crippen molar-refractivity contribution in [3.05, 3.63) is 48.0 Å². The molecule has 1 heterocycles.